The summed E-state index contributed by atoms with van der Waals surface area (Å²) in [7, 11) is 0. The average molecular weight is 284 g/mol. The monoisotopic (exact) mass is 284 g/mol. The van der Waals surface area contributed by atoms with Crippen molar-refractivity contribution in [2.75, 3.05) is 19.7 Å². The quantitative estimate of drug-likeness (QED) is 0.652. The van der Waals surface area contributed by atoms with E-state index in [0.29, 0.717) is 25.5 Å². The van der Waals surface area contributed by atoms with E-state index in [1.165, 1.54) is 0 Å². The lowest BCUT2D eigenvalue weighted by Gasteiger charge is -2.24. The molecular weight excluding hydrogens is 256 g/mol. The molecule has 20 heavy (non-hydrogen) atoms. The van der Waals surface area contributed by atoms with Crippen LogP contribution >= 0.6 is 0 Å². The summed E-state index contributed by atoms with van der Waals surface area (Å²) < 4.78 is 4.94. The van der Waals surface area contributed by atoms with Crippen LogP contribution in [0.3, 0.4) is 0 Å². The standard InChI is InChI=1S/C15H28N2O3/c1-4-20-15(19)10-17(13-5-6-13)14(18)8-12(9-16)7-11(2)3/h11-13H,4-10,16H2,1-3H3/t12-/m0/s1. The first-order valence-electron chi connectivity index (χ1n) is 7.63. The molecule has 0 unspecified atom stereocenters. The highest BCUT2D eigenvalue weighted by molar-refractivity contribution is 5.82. The number of amides is 1. The average Bonchev–Trinajstić information content (AvgIpc) is 3.18. The van der Waals surface area contributed by atoms with Gasteiger partial charge < -0.3 is 15.4 Å². The SMILES string of the molecule is CCOC(=O)CN(C(=O)C[C@@H](CN)CC(C)C)C1CC1. The molecule has 1 rings (SSSR count). The van der Waals surface area contributed by atoms with Gasteiger partial charge in [0, 0.05) is 12.5 Å². The Kier molecular flexibility index (Phi) is 6.99. The first-order valence-corrected chi connectivity index (χ1v) is 7.63. The molecule has 0 aromatic heterocycles. The van der Waals surface area contributed by atoms with Crippen molar-refractivity contribution in [2.24, 2.45) is 17.6 Å². The van der Waals surface area contributed by atoms with Gasteiger partial charge in [-0.05, 0) is 44.6 Å². The highest BCUT2D eigenvalue weighted by Crippen LogP contribution is 2.28. The minimum absolute atomic E-state index is 0.0386. The topological polar surface area (TPSA) is 72.6 Å². The second-order valence-corrected chi connectivity index (χ2v) is 5.99. The minimum Gasteiger partial charge on any atom is -0.465 e. The van der Waals surface area contributed by atoms with Gasteiger partial charge in [-0.3, -0.25) is 9.59 Å². The van der Waals surface area contributed by atoms with Crippen LogP contribution in [0.25, 0.3) is 0 Å². The Hall–Kier alpha value is -1.10. The number of carbonyl (C=O) groups is 2. The number of carbonyl (C=O) groups excluding carboxylic acids is 2. The highest BCUT2D eigenvalue weighted by atomic mass is 16.5. The predicted octanol–water partition coefficient (Wildman–Crippen LogP) is 1.55. The summed E-state index contributed by atoms with van der Waals surface area (Å²) in [5.74, 6) is 0.444. The van der Waals surface area contributed by atoms with E-state index in [4.69, 9.17) is 10.5 Å². The third-order valence-corrected chi connectivity index (χ3v) is 3.51. The molecule has 1 saturated carbocycles. The van der Waals surface area contributed by atoms with E-state index in [-0.39, 0.29) is 30.4 Å². The summed E-state index contributed by atoms with van der Waals surface area (Å²) in [5, 5.41) is 0. The van der Waals surface area contributed by atoms with Gasteiger partial charge in [0.15, 0.2) is 0 Å². The Morgan fingerprint density at radius 3 is 2.45 bits per heavy atom. The Bertz CT molecular complexity index is 327. The molecule has 0 aromatic rings. The first-order chi connectivity index (χ1) is 9.47. The number of nitrogens with zero attached hydrogens (tertiary/aromatic N) is 1. The largest absolute Gasteiger partial charge is 0.465 e. The second-order valence-electron chi connectivity index (χ2n) is 5.99. The zero-order valence-electron chi connectivity index (χ0n) is 12.9. The van der Waals surface area contributed by atoms with E-state index >= 15 is 0 Å². The Labute approximate surface area is 121 Å². The molecule has 0 saturated heterocycles. The van der Waals surface area contributed by atoms with Gasteiger partial charge in [-0.2, -0.15) is 0 Å². The maximum absolute atomic E-state index is 12.4. The molecule has 1 amide bonds. The van der Waals surface area contributed by atoms with Gasteiger partial charge in [0.05, 0.1) is 6.61 Å². The molecule has 0 aliphatic heterocycles. The van der Waals surface area contributed by atoms with Crippen LogP contribution in [-0.2, 0) is 14.3 Å². The normalized spacial score (nSPS) is 16.1. The van der Waals surface area contributed by atoms with Crippen molar-refractivity contribution in [3.05, 3.63) is 0 Å². The summed E-state index contributed by atoms with van der Waals surface area (Å²) in [6, 6.07) is 0.226. The van der Waals surface area contributed by atoms with Crippen molar-refractivity contribution in [3.8, 4) is 0 Å². The maximum Gasteiger partial charge on any atom is 0.325 e. The van der Waals surface area contributed by atoms with Crippen LogP contribution in [0.5, 0.6) is 0 Å². The van der Waals surface area contributed by atoms with E-state index in [2.05, 4.69) is 13.8 Å². The van der Waals surface area contributed by atoms with Crippen molar-refractivity contribution in [1.29, 1.82) is 0 Å². The molecule has 5 heteroatoms. The summed E-state index contributed by atoms with van der Waals surface area (Å²) >= 11 is 0. The van der Waals surface area contributed by atoms with Gasteiger partial charge in [0.1, 0.15) is 6.54 Å². The molecule has 0 heterocycles. The lowest BCUT2D eigenvalue weighted by atomic mass is 9.93. The second kappa shape index (κ2) is 8.25. The first kappa shape index (κ1) is 17.0. The van der Waals surface area contributed by atoms with Crippen LogP contribution < -0.4 is 5.73 Å². The molecule has 1 atom stereocenters. The Balaban J connectivity index is 2.53. The van der Waals surface area contributed by atoms with E-state index in [1.807, 2.05) is 0 Å². The number of esters is 1. The summed E-state index contributed by atoms with van der Waals surface area (Å²) in [6.45, 7) is 6.98. The van der Waals surface area contributed by atoms with Crippen molar-refractivity contribution in [1.82, 2.24) is 4.90 Å². The summed E-state index contributed by atoms with van der Waals surface area (Å²) in [6.07, 6.45) is 3.36. The molecule has 1 fully saturated rings. The predicted molar refractivity (Wildman–Crippen MR) is 78.0 cm³/mol. The Morgan fingerprint density at radius 1 is 1.35 bits per heavy atom. The molecule has 0 aromatic carbocycles. The number of rotatable bonds is 9. The molecule has 5 nitrogen and oxygen atoms in total. The third kappa shape index (κ3) is 5.90. The fourth-order valence-corrected chi connectivity index (χ4v) is 2.45. The van der Waals surface area contributed by atoms with E-state index in [1.54, 1.807) is 11.8 Å². The van der Waals surface area contributed by atoms with Gasteiger partial charge in [-0.15, -0.1) is 0 Å². The lowest BCUT2D eigenvalue weighted by molar-refractivity contribution is -0.149. The van der Waals surface area contributed by atoms with Crippen LogP contribution in [0.4, 0.5) is 0 Å². The van der Waals surface area contributed by atoms with E-state index < -0.39 is 0 Å². The van der Waals surface area contributed by atoms with E-state index in [0.717, 1.165) is 19.3 Å². The van der Waals surface area contributed by atoms with Crippen molar-refractivity contribution < 1.29 is 14.3 Å². The Morgan fingerprint density at radius 2 is 2.00 bits per heavy atom. The molecule has 116 valence electrons. The molecule has 0 spiro atoms. The zero-order valence-corrected chi connectivity index (χ0v) is 12.9. The van der Waals surface area contributed by atoms with Gasteiger partial charge in [-0.25, -0.2) is 0 Å². The molecule has 1 aliphatic rings. The number of ether oxygens (including phenoxy) is 1. The molecule has 0 radical (unpaired) electrons. The zero-order chi connectivity index (χ0) is 15.1. The number of nitrogens with two attached hydrogens (primary N) is 1. The molecular formula is C15H28N2O3. The fourth-order valence-electron chi connectivity index (χ4n) is 2.45. The molecule has 1 aliphatic carbocycles. The van der Waals surface area contributed by atoms with Crippen LogP contribution in [0.1, 0.15) is 46.5 Å². The van der Waals surface area contributed by atoms with Crippen molar-refractivity contribution in [3.63, 3.8) is 0 Å². The van der Waals surface area contributed by atoms with Crippen LogP contribution in [0, 0.1) is 11.8 Å². The van der Waals surface area contributed by atoms with Crippen LogP contribution in [-0.4, -0.2) is 42.5 Å². The highest BCUT2D eigenvalue weighted by Gasteiger charge is 2.34. The smallest absolute Gasteiger partial charge is 0.325 e. The van der Waals surface area contributed by atoms with E-state index in [9.17, 15) is 9.59 Å². The van der Waals surface area contributed by atoms with Gasteiger partial charge >= 0.3 is 5.97 Å². The van der Waals surface area contributed by atoms with Gasteiger partial charge in [-0.1, -0.05) is 13.8 Å². The summed E-state index contributed by atoms with van der Waals surface area (Å²) in [4.78, 5) is 25.6. The lowest BCUT2D eigenvalue weighted by Crippen LogP contribution is -2.39. The minimum atomic E-state index is -0.319. The van der Waals surface area contributed by atoms with Gasteiger partial charge in [0.25, 0.3) is 0 Å². The number of hydrogen-bond acceptors (Lipinski definition) is 4. The van der Waals surface area contributed by atoms with Crippen molar-refractivity contribution in [2.45, 2.75) is 52.5 Å². The molecule has 2 N–H and O–H groups in total. The number of hydrogen-bond donors (Lipinski definition) is 1. The third-order valence-electron chi connectivity index (χ3n) is 3.51. The maximum atomic E-state index is 12.4. The van der Waals surface area contributed by atoms with Crippen LogP contribution in [0.2, 0.25) is 0 Å². The van der Waals surface area contributed by atoms with Gasteiger partial charge in [0.2, 0.25) is 5.91 Å². The fraction of sp³-hybridized carbons (Fsp3) is 0.867. The van der Waals surface area contributed by atoms with Crippen molar-refractivity contribution >= 4 is 11.9 Å². The summed E-state index contributed by atoms with van der Waals surface area (Å²) in [5.41, 5.74) is 5.75. The van der Waals surface area contributed by atoms with Crippen LogP contribution in [0.15, 0.2) is 0 Å². The molecule has 0 bridgehead atoms.